The molecule has 17 heavy (non-hydrogen) atoms. The van der Waals surface area contributed by atoms with Crippen LogP contribution in [0.4, 0.5) is 0 Å². The zero-order valence-corrected chi connectivity index (χ0v) is 12.1. The van der Waals surface area contributed by atoms with E-state index in [-0.39, 0.29) is 11.2 Å². The van der Waals surface area contributed by atoms with Crippen molar-refractivity contribution in [2.45, 2.75) is 50.2 Å². The highest BCUT2D eigenvalue weighted by molar-refractivity contribution is 6.54. The third-order valence-electron chi connectivity index (χ3n) is 4.30. The maximum atomic E-state index is 12.2. The fourth-order valence-electron chi connectivity index (χ4n) is 3.17. The molecule has 5 heteroatoms. The molecule has 0 aromatic rings. The molecule has 2 fully saturated rings. The summed E-state index contributed by atoms with van der Waals surface area (Å²) in [4.78, 5) is 13.5. The smallest absolute Gasteiger partial charge is 0.200 e. The summed E-state index contributed by atoms with van der Waals surface area (Å²) in [5.41, 5.74) is -0.519. The molecule has 0 aromatic carbocycles. The Morgan fingerprint density at radius 3 is 2.65 bits per heavy atom. The van der Waals surface area contributed by atoms with Crippen molar-refractivity contribution in [2.24, 2.45) is 5.41 Å². The first-order valence-electron chi connectivity index (χ1n) is 6.13. The van der Waals surface area contributed by atoms with Crippen molar-refractivity contribution in [3.8, 4) is 0 Å². The summed E-state index contributed by atoms with van der Waals surface area (Å²) in [5, 5.41) is 3.35. The van der Waals surface area contributed by atoms with Crippen LogP contribution in [-0.4, -0.2) is 40.3 Å². The predicted molar refractivity (Wildman–Crippen MR) is 70.4 cm³/mol. The van der Waals surface area contributed by atoms with Gasteiger partial charge in [-0.25, -0.2) is 0 Å². The first-order valence-corrected chi connectivity index (χ1v) is 7.00. The number of alkyl halides is 2. The molecule has 0 radical (unpaired) electrons. The van der Waals surface area contributed by atoms with Gasteiger partial charge < -0.3 is 0 Å². The number of hydrogen-bond donors (Lipinski definition) is 1. The van der Waals surface area contributed by atoms with Gasteiger partial charge in [-0.1, -0.05) is 37.0 Å². The molecule has 0 spiro atoms. The standard InChI is InChI=1S/C12H20Cl2N2O/c1-11(2)7-15-12(3,9(17)10(13)14)16-6-4-5-8(11)16/h8,10,15H,4-7H2,1-3H3. The molecule has 2 aliphatic heterocycles. The van der Waals surface area contributed by atoms with Crippen molar-refractivity contribution in [1.82, 2.24) is 10.2 Å². The molecule has 2 rings (SSSR count). The van der Waals surface area contributed by atoms with E-state index in [0.717, 1.165) is 25.9 Å². The van der Waals surface area contributed by atoms with E-state index >= 15 is 0 Å². The predicted octanol–water partition coefficient (Wildman–Crippen LogP) is 2.17. The number of nitrogens with zero attached hydrogens (tertiary/aromatic N) is 1. The molecule has 98 valence electrons. The average Bonchev–Trinajstić information content (AvgIpc) is 2.74. The average molecular weight is 279 g/mol. The topological polar surface area (TPSA) is 32.3 Å². The number of nitrogens with one attached hydrogen (secondary N) is 1. The van der Waals surface area contributed by atoms with Gasteiger partial charge in [0, 0.05) is 19.1 Å². The maximum absolute atomic E-state index is 12.2. The van der Waals surface area contributed by atoms with Crippen LogP contribution in [0.5, 0.6) is 0 Å². The van der Waals surface area contributed by atoms with Crippen molar-refractivity contribution in [3.05, 3.63) is 0 Å². The SMILES string of the molecule is CC1(C)CNC(C)(C(=O)C(Cl)Cl)N2CCCC21. The van der Waals surface area contributed by atoms with Crippen LogP contribution in [0.2, 0.25) is 0 Å². The number of carbonyl (C=O) groups is 1. The Balaban J connectivity index is 2.29. The molecule has 2 unspecified atom stereocenters. The van der Waals surface area contributed by atoms with Gasteiger partial charge >= 0.3 is 0 Å². The lowest BCUT2D eigenvalue weighted by Crippen LogP contribution is -2.72. The fraction of sp³-hybridized carbons (Fsp3) is 0.917. The molecule has 0 aliphatic carbocycles. The van der Waals surface area contributed by atoms with Gasteiger partial charge in [-0.05, 0) is 25.2 Å². The van der Waals surface area contributed by atoms with Crippen LogP contribution in [0, 0.1) is 5.41 Å². The van der Waals surface area contributed by atoms with Gasteiger partial charge in [-0.15, -0.1) is 0 Å². The number of carbonyl (C=O) groups excluding carboxylic acids is 1. The van der Waals surface area contributed by atoms with Crippen LogP contribution in [0.3, 0.4) is 0 Å². The van der Waals surface area contributed by atoms with E-state index in [1.54, 1.807) is 0 Å². The summed E-state index contributed by atoms with van der Waals surface area (Å²) in [6, 6.07) is 0.435. The molecular formula is C12H20Cl2N2O. The van der Waals surface area contributed by atoms with Crippen molar-refractivity contribution < 1.29 is 4.79 Å². The highest BCUT2D eigenvalue weighted by atomic mass is 35.5. The van der Waals surface area contributed by atoms with Gasteiger partial charge in [0.25, 0.3) is 0 Å². The Labute approximate surface area is 113 Å². The largest absolute Gasteiger partial charge is 0.293 e. The number of halogens is 2. The minimum absolute atomic E-state index is 0.136. The lowest BCUT2D eigenvalue weighted by molar-refractivity contribution is -0.138. The van der Waals surface area contributed by atoms with Gasteiger partial charge in [0.05, 0.1) is 0 Å². The molecule has 0 amide bonds. The van der Waals surface area contributed by atoms with E-state index in [9.17, 15) is 4.79 Å². The summed E-state index contributed by atoms with van der Waals surface area (Å²) in [6.45, 7) is 8.14. The van der Waals surface area contributed by atoms with Crippen LogP contribution in [0.1, 0.15) is 33.6 Å². The lowest BCUT2D eigenvalue weighted by Gasteiger charge is -2.53. The minimum Gasteiger partial charge on any atom is -0.293 e. The molecular weight excluding hydrogens is 259 g/mol. The number of ketones is 1. The molecule has 2 heterocycles. The first kappa shape index (κ1) is 13.6. The number of Topliss-reactive ketones (excluding diaryl/α,β-unsaturated/α-hetero) is 1. The second kappa shape index (κ2) is 4.37. The fourth-order valence-corrected chi connectivity index (χ4v) is 3.60. The second-order valence-electron chi connectivity index (χ2n) is 5.93. The summed E-state index contributed by atoms with van der Waals surface area (Å²) in [6.07, 6.45) is 2.28. The van der Waals surface area contributed by atoms with Crippen molar-refractivity contribution in [2.75, 3.05) is 13.1 Å². The molecule has 2 atom stereocenters. The first-order chi connectivity index (χ1) is 7.79. The van der Waals surface area contributed by atoms with Crippen molar-refractivity contribution in [1.29, 1.82) is 0 Å². The lowest BCUT2D eigenvalue weighted by atomic mass is 9.78. The van der Waals surface area contributed by atoms with E-state index in [2.05, 4.69) is 24.1 Å². The van der Waals surface area contributed by atoms with Gasteiger partial charge in [-0.3, -0.25) is 15.0 Å². The Morgan fingerprint density at radius 1 is 1.41 bits per heavy atom. The Morgan fingerprint density at radius 2 is 2.06 bits per heavy atom. The molecule has 1 N–H and O–H groups in total. The van der Waals surface area contributed by atoms with Gasteiger partial charge in [0.1, 0.15) is 5.66 Å². The Hall–Kier alpha value is 0.170. The molecule has 0 aromatic heterocycles. The van der Waals surface area contributed by atoms with Crippen molar-refractivity contribution >= 4 is 29.0 Å². The summed E-state index contributed by atoms with van der Waals surface area (Å²) >= 11 is 11.5. The zero-order chi connectivity index (χ0) is 12.8. The molecule has 2 aliphatic rings. The monoisotopic (exact) mass is 278 g/mol. The highest BCUT2D eigenvalue weighted by Gasteiger charge is 2.53. The highest BCUT2D eigenvalue weighted by Crippen LogP contribution is 2.41. The quantitative estimate of drug-likeness (QED) is 0.786. The van der Waals surface area contributed by atoms with Crippen LogP contribution < -0.4 is 5.32 Å². The third kappa shape index (κ3) is 2.12. The molecule has 3 nitrogen and oxygen atoms in total. The van der Waals surface area contributed by atoms with Crippen LogP contribution in [-0.2, 0) is 4.79 Å². The molecule has 2 saturated heterocycles. The maximum Gasteiger partial charge on any atom is 0.200 e. The number of rotatable bonds is 2. The van der Waals surface area contributed by atoms with Crippen LogP contribution in [0.15, 0.2) is 0 Å². The Bertz CT molecular complexity index is 332. The van der Waals surface area contributed by atoms with E-state index in [1.165, 1.54) is 0 Å². The van der Waals surface area contributed by atoms with Gasteiger partial charge in [0.2, 0.25) is 0 Å². The normalized spacial score (nSPS) is 37.2. The zero-order valence-electron chi connectivity index (χ0n) is 10.6. The third-order valence-corrected chi connectivity index (χ3v) is 4.69. The van der Waals surface area contributed by atoms with Crippen LogP contribution in [0.25, 0.3) is 0 Å². The van der Waals surface area contributed by atoms with Crippen LogP contribution >= 0.6 is 23.2 Å². The Kier molecular flexibility index (Phi) is 3.50. The minimum atomic E-state index is -0.963. The van der Waals surface area contributed by atoms with E-state index in [4.69, 9.17) is 23.2 Å². The van der Waals surface area contributed by atoms with E-state index < -0.39 is 10.5 Å². The second-order valence-corrected chi connectivity index (χ2v) is 7.03. The van der Waals surface area contributed by atoms with Gasteiger partial charge in [-0.2, -0.15) is 0 Å². The van der Waals surface area contributed by atoms with Gasteiger partial charge in [0.15, 0.2) is 10.6 Å². The van der Waals surface area contributed by atoms with E-state index in [0.29, 0.717) is 6.04 Å². The van der Waals surface area contributed by atoms with E-state index in [1.807, 2.05) is 6.92 Å². The number of fused-ring (bicyclic) bond motifs is 1. The van der Waals surface area contributed by atoms with Crippen molar-refractivity contribution in [3.63, 3.8) is 0 Å². The summed E-state index contributed by atoms with van der Waals surface area (Å²) in [7, 11) is 0. The summed E-state index contributed by atoms with van der Waals surface area (Å²) < 4.78 is 0. The number of hydrogen-bond acceptors (Lipinski definition) is 3. The summed E-state index contributed by atoms with van der Waals surface area (Å²) in [5.74, 6) is -0.136. The molecule has 0 saturated carbocycles. The molecule has 0 bridgehead atoms.